The first-order chi connectivity index (χ1) is 9.82. The van der Waals surface area contributed by atoms with Gasteiger partial charge in [0.1, 0.15) is 0 Å². The lowest BCUT2D eigenvalue weighted by atomic mass is 9.40. The monoisotopic (exact) mass is 289 g/mol. The van der Waals surface area contributed by atoms with Gasteiger partial charge in [0.15, 0.2) is 0 Å². The van der Waals surface area contributed by atoms with E-state index in [9.17, 15) is 4.79 Å². The molecule has 0 N–H and O–H groups in total. The van der Waals surface area contributed by atoms with Crippen LogP contribution in [0.25, 0.3) is 0 Å². The van der Waals surface area contributed by atoms with Crippen LogP contribution in [-0.4, -0.2) is 23.9 Å². The third kappa shape index (κ3) is 2.16. The van der Waals surface area contributed by atoms with Crippen LogP contribution in [0, 0.1) is 28.1 Å². The zero-order valence-corrected chi connectivity index (χ0v) is 14.1. The summed E-state index contributed by atoms with van der Waals surface area (Å²) in [6.45, 7) is 9.29. The molecule has 5 rings (SSSR count). The van der Waals surface area contributed by atoms with Gasteiger partial charge in [-0.1, -0.05) is 20.8 Å². The molecule has 4 saturated carbocycles. The topological polar surface area (TPSA) is 20.3 Å². The Kier molecular flexibility index (Phi) is 2.86. The number of amides is 1. The molecule has 0 radical (unpaired) electrons. The number of carbonyl (C=O) groups excluding carboxylic acids is 1. The molecule has 2 nitrogen and oxygen atoms in total. The summed E-state index contributed by atoms with van der Waals surface area (Å²) in [7, 11) is 0. The number of hydrogen-bond donors (Lipinski definition) is 0. The predicted molar refractivity (Wildman–Crippen MR) is 84.8 cm³/mol. The lowest BCUT2D eigenvalue weighted by Crippen LogP contribution is -2.60. The zero-order chi connectivity index (χ0) is 14.9. The van der Waals surface area contributed by atoms with Gasteiger partial charge in [-0.2, -0.15) is 0 Å². The molecule has 21 heavy (non-hydrogen) atoms. The minimum Gasteiger partial charge on any atom is -0.342 e. The summed E-state index contributed by atoms with van der Waals surface area (Å²) in [5.74, 6) is 2.17. The van der Waals surface area contributed by atoms with Gasteiger partial charge in [0.25, 0.3) is 0 Å². The fourth-order valence-electron chi connectivity index (χ4n) is 7.23. The van der Waals surface area contributed by atoms with Crippen LogP contribution in [-0.2, 0) is 4.79 Å². The van der Waals surface area contributed by atoms with Crippen molar-refractivity contribution >= 4 is 5.91 Å². The molecule has 0 aromatic carbocycles. The van der Waals surface area contributed by atoms with Crippen LogP contribution in [0.5, 0.6) is 0 Å². The molecule has 4 aliphatic carbocycles. The molecule has 1 aliphatic heterocycles. The van der Waals surface area contributed by atoms with Gasteiger partial charge < -0.3 is 4.90 Å². The molecule has 2 heteroatoms. The molecular formula is C19H31NO. The van der Waals surface area contributed by atoms with E-state index in [0.717, 1.165) is 24.9 Å². The molecular weight excluding hydrogens is 258 g/mol. The van der Waals surface area contributed by atoms with E-state index in [4.69, 9.17) is 0 Å². The van der Waals surface area contributed by atoms with Crippen molar-refractivity contribution in [2.75, 3.05) is 13.1 Å². The van der Waals surface area contributed by atoms with Gasteiger partial charge in [-0.15, -0.1) is 0 Å². The van der Waals surface area contributed by atoms with E-state index in [1.165, 1.54) is 51.4 Å². The van der Waals surface area contributed by atoms with Crippen molar-refractivity contribution < 1.29 is 4.79 Å². The third-order valence-electron chi connectivity index (χ3n) is 7.15. The number of likely N-dealkylation sites (tertiary alicyclic amines) is 1. The molecule has 1 saturated heterocycles. The Morgan fingerprint density at radius 3 is 2.05 bits per heavy atom. The average Bonchev–Trinajstić information content (AvgIpc) is 2.34. The second kappa shape index (κ2) is 4.26. The third-order valence-corrected chi connectivity index (χ3v) is 7.15. The highest BCUT2D eigenvalue weighted by Crippen LogP contribution is 2.69. The summed E-state index contributed by atoms with van der Waals surface area (Å²) in [5.41, 5.74) is 0.920. The lowest BCUT2D eigenvalue weighted by Gasteiger charge is -2.65. The van der Waals surface area contributed by atoms with E-state index in [2.05, 4.69) is 25.7 Å². The van der Waals surface area contributed by atoms with E-state index in [-0.39, 0.29) is 5.41 Å². The molecule has 5 aliphatic rings. The van der Waals surface area contributed by atoms with Gasteiger partial charge >= 0.3 is 0 Å². The molecule has 1 amide bonds. The molecule has 0 aromatic rings. The zero-order valence-electron chi connectivity index (χ0n) is 14.1. The first-order valence-electron chi connectivity index (χ1n) is 9.11. The van der Waals surface area contributed by atoms with Crippen molar-refractivity contribution in [2.45, 2.75) is 72.1 Å². The maximum Gasteiger partial charge on any atom is 0.228 e. The van der Waals surface area contributed by atoms with Crippen LogP contribution >= 0.6 is 0 Å². The minimum atomic E-state index is 0.0174. The Morgan fingerprint density at radius 2 is 1.52 bits per heavy atom. The largest absolute Gasteiger partial charge is 0.342 e. The van der Waals surface area contributed by atoms with Gasteiger partial charge in [-0.05, 0) is 74.0 Å². The molecule has 2 atom stereocenters. The van der Waals surface area contributed by atoms with Crippen LogP contribution in [0.4, 0.5) is 0 Å². The van der Waals surface area contributed by atoms with Crippen molar-refractivity contribution in [3.63, 3.8) is 0 Å². The highest BCUT2D eigenvalue weighted by molar-refractivity contribution is 5.83. The van der Waals surface area contributed by atoms with Crippen molar-refractivity contribution in [3.8, 4) is 0 Å². The molecule has 5 fully saturated rings. The fraction of sp³-hybridized carbons (Fsp3) is 0.947. The summed E-state index contributed by atoms with van der Waals surface area (Å²) in [6, 6.07) is 0. The van der Waals surface area contributed by atoms with E-state index < -0.39 is 0 Å². The van der Waals surface area contributed by atoms with E-state index in [1.807, 2.05) is 0 Å². The lowest BCUT2D eigenvalue weighted by molar-refractivity contribution is -0.180. The van der Waals surface area contributed by atoms with Crippen molar-refractivity contribution in [3.05, 3.63) is 0 Å². The van der Waals surface area contributed by atoms with Crippen molar-refractivity contribution in [2.24, 2.45) is 28.1 Å². The second-order valence-corrected chi connectivity index (χ2v) is 9.89. The Bertz CT molecular complexity index is 444. The first kappa shape index (κ1) is 14.1. The van der Waals surface area contributed by atoms with Crippen molar-refractivity contribution in [1.29, 1.82) is 0 Å². The van der Waals surface area contributed by atoms with Crippen molar-refractivity contribution in [1.82, 2.24) is 4.90 Å². The van der Waals surface area contributed by atoms with Crippen LogP contribution in [0.2, 0.25) is 0 Å². The molecule has 4 bridgehead atoms. The highest BCUT2D eigenvalue weighted by atomic mass is 16.2. The average molecular weight is 289 g/mol. The molecule has 0 spiro atoms. The van der Waals surface area contributed by atoms with E-state index >= 15 is 0 Å². The molecule has 1 heterocycles. The number of piperidine rings is 1. The summed E-state index contributed by atoms with van der Waals surface area (Å²) in [4.78, 5) is 15.6. The Morgan fingerprint density at radius 1 is 0.952 bits per heavy atom. The number of nitrogens with zero attached hydrogens (tertiary/aromatic N) is 1. The summed E-state index contributed by atoms with van der Waals surface area (Å²) in [5, 5.41) is 0. The van der Waals surface area contributed by atoms with Gasteiger partial charge in [-0.3, -0.25) is 4.79 Å². The van der Waals surface area contributed by atoms with Crippen LogP contribution in [0.15, 0.2) is 0 Å². The smallest absolute Gasteiger partial charge is 0.228 e. The van der Waals surface area contributed by atoms with Gasteiger partial charge in [-0.25, -0.2) is 0 Å². The van der Waals surface area contributed by atoms with Crippen LogP contribution in [0.1, 0.15) is 72.1 Å². The summed E-state index contributed by atoms with van der Waals surface area (Å²) in [6.07, 6.45) is 10.1. The minimum absolute atomic E-state index is 0.0174. The maximum atomic E-state index is 13.4. The Hall–Kier alpha value is -0.530. The first-order valence-corrected chi connectivity index (χ1v) is 9.11. The molecule has 118 valence electrons. The van der Waals surface area contributed by atoms with E-state index in [1.54, 1.807) is 0 Å². The normalized spacial score (nSPS) is 49.7. The summed E-state index contributed by atoms with van der Waals surface area (Å²) < 4.78 is 0. The number of rotatable bonds is 1. The quantitative estimate of drug-likeness (QED) is 0.707. The fourth-order valence-corrected chi connectivity index (χ4v) is 7.23. The van der Waals surface area contributed by atoms with Crippen LogP contribution in [0.3, 0.4) is 0 Å². The summed E-state index contributed by atoms with van der Waals surface area (Å²) >= 11 is 0. The second-order valence-electron chi connectivity index (χ2n) is 9.89. The Balaban J connectivity index is 1.60. The number of hydrogen-bond acceptors (Lipinski definition) is 1. The highest BCUT2D eigenvalue weighted by Gasteiger charge is 2.63. The van der Waals surface area contributed by atoms with Crippen LogP contribution < -0.4 is 0 Å². The van der Waals surface area contributed by atoms with Gasteiger partial charge in [0, 0.05) is 13.1 Å². The molecule has 0 unspecified atom stereocenters. The van der Waals surface area contributed by atoms with E-state index in [0.29, 0.717) is 16.7 Å². The number of carbonyl (C=O) groups is 1. The Labute approximate surface area is 129 Å². The molecule has 0 aromatic heterocycles. The van der Waals surface area contributed by atoms with Gasteiger partial charge in [0.05, 0.1) is 5.41 Å². The maximum absolute atomic E-state index is 13.4. The van der Waals surface area contributed by atoms with Gasteiger partial charge in [0.2, 0.25) is 5.91 Å². The predicted octanol–water partition coefficient (Wildman–Crippen LogP) is 4.24. The standard InChI is InChI=1S/C19H31NO/c1-14-4-6-20(7-5-14)16(21)19-10-15-8-17(2,12-19)11-18(3,9-15)13-19/h14-15H,4-13H2,1-3H3/t15?,17-,18-,19?/m0/s1. The SMILES string of the molecule is CC1CCN(C(=O)C23CC4C[C@](C)(C2)C[C@](C)(C4)C3)CC1.